The van der Waals surface area contributed by atoms with Gasteiger partial charge in [0.1, 0.15) is 5.75 Å². The molecule has 0 unspecified atom stereocenters. The third-order valence-electron chi connectivity index (χ3n) is 3.58. The van der Waals surface area contributed by atoms with Crippen molar-refractivity contribution in [2.45, 2.75) is 19.3 Å². The van der Waals surface area contributed by atoms with Crippen LogP contribution in [0.3, 0.4) is 0 Å². The minimum atomic E-state index is 0.0107. The summed E-state index contributed by atoms with van der Waals surface area (Å²) in [5, 5.41) is 3.70. The summed E-state index contributed by atoms with van der Waals surface area (Å²) in [6, 6.07) is 15.8. The number of nitrogens with two attached hydrogens (primary N) is 1. The molecule has 2 aromatic carbocycles. The number of carbonyl (C=O) groups is 1. The molecule has 0 radical (unpaired) electrons. The quantitative estimate of drug-likeness (QED) is 0.392. The summed E-state index contributed by atoms with van der Waals surface area (Å²) in [7, 11) is 0. The van der Waals surface area contributed by atoms with Crippen LogP contribution in [0.2, 0.25) is 0 Å². The predicted molar refractivity (Wildman–Crippen MR) is 102 cm³/mol. The van der Waals surface area contributed by atoms with Crippen molar-refractivity contribution >= 4 is 27.5 Å². The Balaban J connectivity index is 1.73. The first kappa shape index (κ1) is 18.3. The van der Waals surface area contributed by atoms with E-state index in [9.17, 15) is 4.79 Å². The average Bonchev–Trinajstić information content (AvgIpc) is 2.59. The van der Waals surface area contributed by atoms with Crippen molar-refractivity contribution in [2.75, 3.05) is 24.2 Å². The molecule has 0 aromatic heterocycles. The molecule has 0 aliphatic rings. The molecule has 0 saturated carbocycles. The molecular formula is C19H23BrN2O2. The van der Waals surface area contributed by atoms with Gasteiger partial charge < -0.3 is 15.8 Å². The fraction of sp³-hybridized carbons (Fsp3) is 0.316. The van der Waals surface area contributed by atoms with Crippen LogP contribution in [0.5, 0.6) is 5.75 Å². The Kier molecular flexibility index (Phi) is 7.62. The van der Waals surface area contributed by atoms with E-state index in [1.807, 2.05) is 30.3 Å². The summed E-state index contributed by atoms with van der Waals surface area (Å²) in [5.74, 6) is 0.665. The third kappa shape index (κ3) is 6.24. The maximum absolute atomic E-state index is 12.0. The molecule has 3 N–H and O–H groups in total. The zero-order chi connectivity index (χ0) is 17.2. The van der Waals surface area contributed by atoms with Crippen molar-refractivity contribution in [1.29, 1.82) is 0 Å². The molecule has 2 rings (SSSR count). The number of benzene rings is 2. The Hall–Kier alpha value is -2.01. The molecule has 0 fully saturated rings. The van der Waals surface area contributed by atoms with Crippen molar-refractivity contribution in [3.05, 3.63) is 59.7 Å². The number of rotatable bonds is 9. The summed E-state index contributed by atoms with van der Waals surface area (Å²) < 4.78 is 5.49. The molecule has 1 amide bonds. The zero-order valence-corrected chi connectivity index (χ0v) is 15.2. The smallest absolute Gasteiger partial charge is 0.224 e. The second-order valence-electron chi connectivity index (χ2n) is 5.53. The largest absolute Gasteiger partial charge is 0.491 e. The second kappa shape index (κ2) is 9.98. The molecule has 128 valence electrons. The Morgan fingerprint density at radius 2 is 1.92 bits per heavy atom. The maximum atomic E-state index is 12.0. The van der Waals surface area contributed by atoms with Crippen LogP contribution in [0.15, 0.2) is 48.5 Å². The van der Waals surface area contributed by atoms with Crippen LogP contribution in [0.25, 0.3) is 0 Å². The molecule has 0 aliphatic heterocycles. The molecule has 5 heteroatoms. The van der Waals surface area contributed by atoms with Crippen LogP contribution >= 0.6 is 15.9 Å². The topological polar surface area (TPSA) is 64.4 Å². The highest BCUT2D eigenvalue weighted by Gasteiger charge is 2.06. The lowest BCUT2D eigenvalue weighted by atomic mass is 10.1. The molecule has 0 aliphatic carbocycles. The molecule has 0 bridgehead atoms. The normalized spacial score (nSPS) is 10.4. The molecule has 24 heavy (non-hydrogen) atoms. The SMILES string of the molecule is Nc1cc(CC(=O)NCCCc2ccccc2)ccc1OCCBr. The van der Waals surface area contributed by atoms with Crippen molar-refractivity contribution in [2.24, 2.45) is 0 Å². The predicted octanol–water partition coefficient (Wildman–Crippen LogP) is 3.33. The molecule has 0 heterocycles. The van der Waals surface area contributed by atoms with Gasteiger partial charge >= 0.3 is 0 Å². The second-order valence-corrected chi connectivity index (χ2v) is 6.32. The van der Waals surface area contributed by atoms with E-state index in [-0.39, 0.29) is 5.91 Å². The van der Waals surface area contributed by atoms with Gasteiger partial charge in [0.05, 0.1) is 18.7 Å². The van der Waals surface area contributed by atoms with Gasteiger partial charge in [0.2, 0.25) is 5.91 Å². The first-order chi connectivity index (χ1) is 11.7. The van der Waals surface area contributed by atoms with Gasteiger partial charge in [-0.2, -0.15) is 0 Å². The number of amides is 1. The van der Waals surface area contributed by atoms with E-state index in [2.05, 4.69) is 33.4 Å². The van der Waals surface area contributed by atoms with Crippen molar-refractivity contribution < 1.29 is 9.53 Å². The Morgan fingerprint density at radius 3 is 2.62 bits per heavy atom. The molecule has 0 atom stereocenters. The molecule has 0 spiro atoms. The van der Waals surface area contributed by atoms with Gasteiger partial charge in [-0.25, -0.2) is 0 Å². The van der Waals surface area contributed by atoms with E-state index in [1.54, 1.807) is 6.07 Å². The number of nitrogen functional groups attached to an aromatic ring is 1. The first-order valence-electron chi connectivity index (χ1n) is 8.07. The van der Waals surface area contributed by atoms with Crippen LogP contribution in [-0.4, -0.2) is 24.4 Å². The average molecular weight is 391 g/mol. The van der Waals surface area contributed by atoms with Gasteiger partial charge in [-0.05, 0) is 36.1 Å². The highest BCUT2D eigenvalue weighted by atomic mass is 79.9. The number of halogens is 1. The summed E-state index contributed by atoms with van der Waals surface area (Å²) >= 11 is 3.30. The van der Waals surface area contributed by atoms with E-state index in [1.165, 1.54) is 5.56 Å². The van der Waals surface area contributed by atoms with Crippen LogP contribution in [0.4, 0.5) is 5.69 Å². The monoisotopic (exact) mass is 390 g/mol. The van der Waals surface area contributed by atoms with E-state index in [4.69, 9.17) is 10.5 Å². The van der Waals surface area contributed by atoms with Crippen molar-refractivity contribution in [1.82, 2.24) is 5.32 Å². The number of anilines is 1. The Labute approximate surface area is 151 Å². The summed E-state index contributed by atoms with van der Waals surface area (Å²) in [5.41, 5.74) is 8.69. The van der Waals surface area contributed by atoms with Gasteiger partial charge in [-0.1, -0.05) is 52.3 Å². The molecule has 0 saturated heterocycles. The summed E-state index contributed by atoms with van der Waals surface area (Å²) in [6.07, 6.45) is 2.22. The minimum absolute atomic E-state index is 0.0107. The Morgan fingerprint density at radius 1 is 1.12 bits per heavy atom. The van der Waals surface area contributed by atoms with Gasteiger partial charge in [-0.3, -0.25) is 4.79 Å². The molecule has 4 nitrogen and oxygen atoms in total. The van der Waals surface area contributed by atoms with E-state index < -0.39 is 0 Å². The number of hydrogen-bond acceptors (Lipinski definition) is 3. The van der Waals surface area contributed by atoms with Crippen molar-refractivity contribution in [3.63, 3.8) is 0 Å². The standard InChI is InChI=1S/C19H23BrN2O2/c20-10-12-24-18-9-8-16(13-17(18)21)14-19(23)22-11-4-7-15-5-2-1-3-6-15/h1-3,5-6,8-9,13H,4,7,10-12,14,21H2,(H,22,23). The van der Waals surface area contributed by atoms with Gasteiger partial charge in [0.15, 0.2) is 0 Å². The van der Waals surface area contributed by atoms with Crippen LogP contribution in [-0.2, 0) is 17.6 Å². The highest BCUT2D eigenvalue weighted by Crippen LogP contribution is 2.22. The number of nitrogens with one attached hydrogen (secondary N) is 1. The summed E-state index contributed by atoms with van der Waals surface area (Å²) in [6.45, 7) is 1.24. The lowest BCUT2D eigenvalue weighted by Gasteiger charge is -2.10. The zero-order valence-electron chi connectivity index (χ0n) is 13.6. The maximum Gasteiger partial charge on any atom is 0.224 e. The van der Waals surface area contributed by atoms with E-state index in [0.29, 0.717) is 31.0 Å². The van der Waals surface area contributed by atoms with Crippen molar-refractivity contribution in [3.8, 4) is 5.75 Å². The fourth-order valence-electron chi connectivity index (χ4n) is 2.40. The van der Waals surface area contributed by atoms with Gasteiger partial charge in [0, 0.05) is 11.9 Å². The fourth-order valence-corrected chi connectivity index (χ4v) is 2.56. The molecule has 2 aromatic rings. The number of aryl methyl sites for hydroxylation is 1. The number of alkyl halides is 1. The lowest BCUT2D eigenvalue weighted by molar-refractivity contribution is -0.120. The van der Waals surface area contributed by atoms with Crippen LogP contribution < -0.4 is 15.8 Å². The van der Waals surface area contributed by atoms with E-state index >= 15 is 0 Å². The lowest BCUT2D eigenvalue weighted by Crippen LogP contribution is -2.26. The number of carbonyl (C=O) groups excluding carboxylic acids is 1. The summed E-state index contributed by atoms with van der Waals surface area (Å²) in [4.78, 5) is 12.0. The number of ether oxygens (including phenoxy) is 1. The number of hydrogen-bond donors (Lipinski definition) is 2. The van der Waals surface area contributed by atoms with Crippen LogP contribution in [0.1, 0.15) is 17.5 Å². The molecular weight excluding hydrogens is 368 g/mol. The van der Waals surface area contributed by atoms with Gasteiger partial charge in [-0.15, -0.1) is 0 Å². The Bertz CT molecular complexity index is 647. The van der Waals surface area contributed by atoms with E-state index in [0.717, 1.165) is 23.7 Å². The highest BCUT2D eigenvalue weighted by molar-refractivity contribution is 9.09. The first-order valence-corrected chi connectivity index (χ1v) is 9.19. The minimum Gasteiger partial charge on any atom is -0.491 e. The van der Waals surface area contributed by atoms with Gasteiger partial charge in [0.25, 0.3) is 0 Å². The van der Waals surface area contributed by atoms with Crippen LogP contribution in [0, 0.1) is 0 Å². The third-order valence-corrected chi connectivity index (χ3v) is 3.90.